The predicted molar refractivity (Wildman–Crippen MR) is 69.9 cm³/mol. The highest BCUT2D eigenvalue weighted by molar-refractivity contribution is 5.83. The number of aromatic nitrogens is 2. The standard InChI is InChI=1S/C13H19N3O4/c1-13(2,3)16-9(17)7-20-11(12(18)19)10(16)8-5-6-14-15(8)4/h5-6,10-11H,7H2,1-4H3,(H,18,19). The third-order valence-electron chi connectivity index (χ3n) is 3.35. The Hall–Kier alpha value is -1.89. The van der Waals surface area contributed by atoms with E-state index >= 15 is 0 Å². The minimum atomic E-state index is -1.10. The summed E-state index contributed by atoms with van der Waals surface area (Å²) in [5.41, 5.74) is 0.129. The molecule has 1 fully saturated rings. The molecule has 0 aliphatic carbocycles. The van der Waals surface area contributed by atoms with Crippen LogP contribution >= 0.6 is 0 Å². The van der Waals surface area contributed by atoms with E-state index in [4.69, 9.17) is 4.74 Å². The van der Waals surface area contributed by atoms with Crippen LogP contribution in [0.25, 0.3) is 0 Å². The number of nitrogens with zero attached hydrogens (tertiary/aromatic N) is 3. The largest absolute Gasteiger partial charge is 0.479 e. The van der Waals surface area contributed by atoms with Crippen molar-refractivity contribution >= 4 is 11.9 Å². The van der Waals surface area contributed by atoms with E-state index in [-0.39, 0.29) is 12.5 Å². The van der Waals surface area contributed by atoms with Crippen molar-refractivity contribution in [3.05, 3.63) is 18.0 Å². The predicted octanol–water partition coefficient (Wildman–Crippen LogP) is 0.572. The molecule has 7 heteroatoms. The number of aliphatic carboxylic acids is 1. The van der Waals surface area contributed by atoms with E-state index in [2.05, 4.69) is 5.10 Å². The lowest BCUT2D eigenvalue weighted by molar-refractivity contribution is -0.180. The van der Waals surface area contributed by atoms with Crippen LogP contribution in [0, 0.1) is 0 Å². The fourth-order valence-corrected chi connectivity index (χ4v) is 2.57. The quantitative estimate of drug-likeness (QED) is 0.856. The fourth-order valence-electron chi connectivity index (χ4n) is 2.57. The molecule has 1 aliphatic heterocycles. The Morgan fingerprint density at radius 3 is 2.60 bits per heavy atom. The van der Waals surface area contributed by atoms with Crippen molar-refractivity contribution in [2.45, 2.75) is 38.5 Å². The van der Waals surface area contributed by atoms with Gasteiger partial charge in [0.15, 0.2) is 6.10 Å². The molecule has 1 aromatic rings. The van der Waals surface area contributed by atoms with Gasteiger partial charge in [0.1, 0.15) is 12.6 Å². The molecule has 0 radical (unpaired) electrons. The molecular formula is C13H19N3O4. The Kier molecular flexibility index (Phi) is 3.56. The Labute approximate surface area is 117 Å². The number of amides is 1. The Morgan fingerprint density at radius 2 is 2.15 bits per heavy atom. The molecule has 2 heterocycles. The van der Waals surface area contributed by atoms with Gasteiger partial charge in [0.2, 0.25) is 5.91 Å². The molecule has 0 saturated carbocycles. The van der Waals surface area contributed by atoms with Crippen LogP contribution in [0.3, 0.4) is 0 Å². The number of morpholine rings is 1. The van der Waals surface area contributed by atoms with Crippen molar-refractivity contribution in [1.82, 2.24) is 14.7 Å². The summed E-state index contributed by atoms with van der Waals surface area (Å²) in [6.45, 7) is 5.40. The molecule has 110 valence electrons. The van der Waals surface area contributed by atoms with Gasteiger partial charge in [0.25, 0.3) is 0 Å². The van der Waals surface area contributed by atoms with Gasteiger partial charge in [-0.1, -0.05) is 0 Å². The highest BCUT2D eigenvalue weighted by atomic mass is 16.5. The summed E-state index contributed by atoms with van der Waals surface area (Å²) in [6, 6.07) is 1.02. The SMILES string of the molecule is Cn1nccc1C1C(C(=O)O)OCC(=O)N1C(C)(C)C. The van der Waals surface area contributed by atoms with Gasteiger partial charge in [0, 0.05) is 18.8 Å². The molecule has 1 aliphatic rings. The van der Waals surface area contributed by atoms with E-state index in [1.807, 2.05) is 20.8 Å². The van der Waals surface area contributed by atoms with Gasteiger partial charge in [-0.2, -0.15) is 5.10 Å². The van der Waals surface area contributed by atoms with Crippen LogP contribution in [-0.2, 0) is 21.4 Å². The van der Waals surface area contributed by atoms with Crippen LogP contribution in [0.2, 0.25) is 0 Å². The molecule has 0 aromatic carbocycles. The maximum Gasteiger partial charge on any atom is 0.335 e. The third-order valence-corrected chi connectivity index (χ3v) is 3.35. The average Bonchev–Trinajstić information content (AvgIpc) is 2.72. The highest BCUT2D eigenvalue weighted by Crippen LogP contribution is 2.35. The van der Waals surface area contributed by atoms with E-state index in [1.54, 1.807) is 28.9 Å². The first-order valence-corrected chi connectivity index (χ1v) is 6.38. The lowest BCUT2D eigenvalue weighted by atomic mass is 9.95. The Balaban J connectivity index is 2.53. The smallest absolute Gasteiger partial charge is 0.335 e. The van der Waals surface area contributed by atoms with Gasteiger partial charge in [0.05, 0.1) is 5.69 Å². The molecule has 1 amide bonds. The van der Waals surface area contributed by atoms with E-state index in [1.165, 1.54) is 0 Å². The number of carboxylic acids is 1. The van der Waals surface area contributed by atoms with Crippen molar-refractivity contribution in [3.8, 4) is 0 Å². The van der Waals surface area contributed by atoms with Gasteiger partial charge < -0.3 is 14.7 Å². The molecule has 0 spiro atoms. The van der Waals surface area contributed by atoms with Crippen molar-refractivity contribution in [3.63, 3.8) is 0 Å². The summed E-state index contributed by atoms with van der Waals surface area (Å²) < 4.78 is 6.81. The molecule has 7 nitrogen and oxygen atoms in total. The van der Waals surface area contributed by atoms with Crippen LogP contribution in [0.5, 0.6) is 0 Å². The zero-order chi connectivity index (χ0) is 15.1. The second kappa shape index (κ2) is 4.90. The maximum atomic E-state index is 12.2. The number of ether oxygens (including phenoxy) is 1. The molecule has 1 aromatic heterocycles. The van der Waals surface area contributed by atoms with Crippen molar-refractivity contribution in [2.75, 3.05) is 6.61 Å². The lowest BCUT2D eigenvalue weighted by Gasteiger charge is -2.46. The average molecular weight is 281 g/mol. The van der Waals surface area contributed by atoms with Gasteiger partial charge in [-0.25, -0.2) is 4.79 Å². The number of carbonyl (C=O) groups excluding carboxylic acids is 1. The molecule has 1 N–H and O–H groups in total. The normalized spacial score (nSPS) is 24.0. The van der Waals surface area contributed by atoms with Crippen molar-refractivity contribution in [2.24, 2.45) is 7.05 Å². The monoisotopic (exact) mass is 281 g/mol. The maximum absolute atomic E-state index is 12.2. The summed E-state index contributed by atoms with van der Waals surface area (Å²) >= 11 is 0. The summed E-state index contributed by atoms with van der Waals surface area (Å²) in [7, 11) is 1.72. The Morgan fingerprint density at radius 1 is 1.50 bits per heavy atom. The van der Waals surface area contributed by atoms with E-state index in [0.717, 1.165) is 0 Å². The minimum absolute atomic E-state index is 0.220. The number of hydrogen-bond acceptors (Lipinski definition) is 4. The van der Waals surface area contributed by atoms with Crippen molar-refractivity contribution in [1.29, 1.82) is 0 Å². The zero-order valence-electron chi connectivity index (χ0n) is 12.0. The summed E-state index contributed by atoms with van der Waals surface area (Å²) in [5, 5.41) is 13.4. The first-order valence-electron chi connectivity index (χ1n) is 6.38. The second-order valence-corrected chi connectivity index (χ2v) is 5.83. The first kappa shape index (κ1) is 14.5. The van der Waals surface area contributed by atoms with Crippen LogP contribution in [0.1, 0.15) is 32.5 Å². The topological polar surface area (TPSA) is 84.7 Å². The first-order chi connectivity index (χ1) is 9.23. The molecule has 1 saturated heterocycles. The van der Waals surface area contributed by atoms with Crippen LogP contribution in [-0.4, -0.2) is 49.9 Å². The highest BCUT2D eigenvalue weighted by Gasteiger charge is 2.47. The number of rotatable bonds is 2. The van der Waals surface area contributed by atoms with Gasteiger partial charge in [-0.05, 0) is 26.8 Å². The Bertz CT molecular complexity index is 532. The van der Waals surface area contributed by atoms with Gasteiger partial charge in [-0.3, -0.25) is 9.48 Å². The van der Waals surface area contributed by atoms with E-state index in [0.29, 0.717) is 5.69 Å². The summed E-state index contributed by atoms with van der Waals surface area (Å²) in [4.78, 5) is 25.2. The van der Waals surface area contributed by atoms with E-state index in [9.17, 15) is 14.7 Å². The number of carboxylic acid groups (broad SMARTS) is 1. The zero-order valence-corrected chi connectivity index (χ0v) is 12.0. The molecular weight excluding hydrogens is 262 g/mol. The number of carbonyl (C=O) groups is 2. The van der Waals surface area contributed by atoms with Gasteiger partial charge in [-0.15, -0.1) is 0 Å². The van der Waals surface area contributed by atoms with Crippen molar-refractivity contribution < 1.29 is 19.4 Å². The van der Waals surface area contributed by atoms with Crippen LogP contribution in [0.15, 0.2) is 12.3 Å². The molecule has 2 unspecified atom stereocenters. The number of hydrogen-bond donors (Lipinski definition) is 1. The summed E-state index contributed by atoms with van der Waals surface area (Å²) in [6.07, 6.45) is 0.482. The molecule has 20 heavy (non-hydrogen) atoms. The minimum Gasteiger partial charge on any atom is -0.479 e. The van der Waals surface area contributed by atoms with E-state index < -0.39 is 23.7 Å². The molecule has 2 atom stereocenters. The fraction of sp³-hybridized carbons (Fsp3) is 0.615. The lowest BCUT2D eigenvalue weighted by Crippen LogP contribution is -2.58. The van der Waals surface area contributed by atoms with Gasteiger partial charge >= 0.3 is 5.97 Å². The van der Waals surface area contributed by atoms with Crippen LogP contribution < -0.4 is 0 Å². The third kappa shape index (κ3) is 2.40. The summed E-state index contributed by atoms with van der Waals surface area (Å²) in [5.74, 6) is -1.31. The number of aryl methyl sites for hydroxylation is 1. The second-order valence-electron chi connectivity index (χ2n) is 5.83. The molecule has 2 rings (SSSR count). The van der Waals surface area contributed by atoms with Crippen LogP contribution in [0.4, 0.5) is 0 Å². The molecule has 0 bridgehead atoms.